The number of aromatic hydroxyl groups is 1. The number of carbonyl (C=O) groups is 1. The van der Waals surface area contributed by atoms with E-state index in [1.165, 1.54) is 6.07 Å². The van der Waals surface area contributed by atoms with Crippen molar-refractivity contribution in [1.29, 1.82) is 0 Å². The molecule has 0 saturated heterocycles. The summed E-state index contributed by atoms with van der Waals surface area (Å²) in [7, 11) is 0. The summed E-state index contributed by atoms with van der Waals surface area (Å²) < 4.78 is 0. The average Bonchev–Trinajstić information content (AvgIpc) is 2.21. The molecule has 1 aliphatic carbocycles. The first-order valence-electron chi connectivity index (χ1n) is 5.44. The Balaban J connectivity index is 1.93. The highest BCUT2D eigenvalue weighted by Crippen LogP contribution is 2.26. The second kappa shape index (κ2) is 4.58. The molecule has 1 heterocycles. The maximum atomic E-state index is 11.6. The van der Waals surface area contributed by atoms with Crippen LogP contribution in [0.25, 0.3) is 0 Å². The first kappa shape index (κ1) is 11.7. The lowest BCUT2D eigenvalue weighted by atomic mass is 9.82. The van der Waals surface area contributed by atoms with Gasteiger partial charge in [-0.2, -0.15) is 0 Å². The number of hydrogen-bond acceptors (Lipinski definition) is 4. The van der Waals surface area contributed by atoms with Crippen LogP contribution in [0.1, 0.15) is 23.2 Å². The van der Waals surface area contributed by atoms with E-state index in [1.54, 1.807) is 0 Å². The quantitative estimate of drug-likeness (QED) is 0.574. The van der Waals surface area contributed by atoms with E-state index in [4.69, 9.17) is 10.2 Å². The SMILES string of the molecule is O=C(NCC1CC(O)C1)c1cc(O)[nH]c(=O)c1. The smallest absolute Gasteiger partial charge is 0.251 e. The molecule has 1 aliphatic rings. The average molecular weight is 238 g/mol. The molecule has 92 valence electrons. The van der Waals surface area contributed by atoms with Crippen molar-refractivity contribution in [3.8, 4) is 5.88 Å². The van der Waals surface area contributed by atoms with Crippen molar-refractivity contribution in [1.82, 2.24) is 10.3 Å². The molecule has 0 bridgehead atoms. The van der Waals surface area contributed by atoms with Gasteiger partial charge in [-0.05, 0) is 18.8 Å². The predicted molar refractivity (Wildman–Crippen MR) is 59.8 cm³/mol. The van der Waals surface area contributed by atoms with Gasteiger partial charge < -0.3 is 15.5 Å². The summed E-state index contributed by atoms with van der Waals surface area (Å²) in [5, 5.41) is 20.9. The van der Waals surface area contributed by atoms with Gasteiger partial charge in [0.25, 0.3) is 11.5 Å². The molecule has 1 fully saturated rings. The van der Waals surface area contributed by atoms with Crippen molar-refractivity contribution >= 4 is 5.91 Å². The molecule has 1 aromatic rings. The van der Waals surface area contributed by atoms with E-state index < -0.39 is 11.5 Å². The molecule has 6 nitrogen and oxygen atoms in total. The minimum absolute atomic E-state index is 0.131. The van der Waals surface area contributed by atoms with Crippen LogP contribution in [0.4, 0.5) is 0 Å². The van der Waals surface area contributed by atoms with Crippen LogP contribution in [0.15, 0.2) is 16.9 Å². The summed E-state index contributed by atoms with van der Waals surface area (Å²) >= 11 is 0. The fraction of sp³-hybridized carbons (Fsp3) is 0.455. The number of hydrogen-bond donors (Lipinski definition) is 4. The largest absolute Gasteiger partial charge is 0.494 e. The molecule has 6 heteroatoms. The summed E-state index contributed by atoms with van der Waals surface area (Å²) in [6, 6.07) is 2.33. The summed E-state index contributed by atoms with van der Waals surface area (Å²) in [6.07, 6.45) is 1.14. The van der Waals surface area contributed by atoms with Gasteiger partial charge in [0.2, 0.25) is 0 Å². The monoisotopic (exact) mass is 238 g/mol. The number of pyridine rings is 1. The number of amides is 1. The molecule has 0 radical (unpaired) electrons. The van der Waals surface area contributed by atoms with Gasteiger partial charge >= 0.3 is 0 Å². The van der Waals surface area contributed by atoms with E-state index >= 15 is 0 Å². The Morgan fingerprint density at radius 1 is 1.47 bits per heavy atom. The van der Waals surface area contributed by atoms with E-state index in [0.29, 0.717) is 25.3 Å². The molecule has 0 aromatic carbocycles. The van der Waals surface area contributed by atoms with Crippen molar-refractivity contribution < 1.29 is 15.0 Å². The van der Waals surface area contributed by atoms with Gasteiger partial charge in [-0.15, -0.1) is 0 Å². The van der Waals surface area contributed by atoms with Crippen LogP contribution in [-0.4, -0.2) is 33.8 Å². The van der Waals surface area contributed by atoms with Crippen molar-refractivity contribution in [2.45, 2.75) is 18.9 Å². The Hall–Kier alpha value is -1.82. The number of rotatable bonds is 3. The minimum atomic E-state index is -0.519. The molecule has 1 amide bonds. The highest BCUT2D eigenvalue weighted by molar-refractivity contribution is 5.94. The number of nitrogens with one attached hydrogen (secondary N) is 2. The summed E-state index contributed by atoms with van der Waals surface area (Å²) in [5.74, 6) is -0.431. The number of aromatic nitrogens is 1. The van der Waals surface area contributed by atoms with E-state index in [-0.39, 0.29) is 17.5 Å². The molecule has 1 aromatic heterocycles. The second-order valence-corrected chi connectivity index (χ2v) is 4.32. The fourth-order valence-electron chi connectivity index (χ4n) is 1.87. The van der Waals surface area contributed by atoms with Crippen molar-refractivity contribution in [3.05, 3.63) is 28.0 Å². The Morgan fingerprint density at radius 3 is 2.76 bits per heavy atom. The lowest BCUT2D eigenvalue weighted by Gasteiger charge is -2.31. The molecule has 2 rings (SSSR count). The van der Waals surface area contributed by atoms with Gasteiger partial charge in [0.05, 0.1) is 11.7 Å². The molecule has 0 atom stereocenters. The molecule has 4 N–H and O–H groups in total. The van der Waals surface area contributed by atoms with Gasteiger partial charge in [-0.1, -0.05) is 0 Å². The molecular formula is C11H14N2O4. The fourth-order valence-corrected chi connectivity index (χ4v) is 1.87. The summed E-state index contributed by atoms with van der Waals surface area (Å²) in [4.78, 5) is 24.8. The van der Waals surface area contributed by atoms with Crippen molar-refractivity contribution in [2.75, 3.05) is 6.54 Å². The van der Waals surface area contributed by atoms with Gasteiger partial charge in [-0.25, -0.2) is 0 Å². The molecule has 1 saturated carbocycles. The van der Waals surface area contributed by atoms with Crippen molar-refractivity contribution in [3.63, 3.8) is 0 Å². The Labute approximate surface area is 97.3 Å². The topological polar surface area (TPSA) is 102 Å². The number of H-pyrrole nitrogens is 1. The van der Waals surface area contributed by atoms with Crippen LogP contribution in [-0.2, 0) is 0 Å². The lowest BCUT2D eigenvalue weighted by Crippen LogP contribution is -2.38. The third kappa shape index (κ3) is 2.85. The number of aliphatic hydroxyl groups is 1. The van der Waals surface area contributed by atoms with Crippen LogP contribution in [0, 0.1) is 5.92 Å². The molecule has 0 spiro atoms. The normalized spacial score (nSPS) is 22.9. The standard InChI is InChI=1S/C11H14N2O4/c14-8-1-6(2-8)5-12-11(17)7-3-9(15)13-10(16)4-7/h3-4,6,8,14H,1-2,5H2,(H,12,17)(H2,13,15,16). The summed E-state index contributed by atoms with van der Waals surface area (Å²) in [5.41, 5.74) is -0.389. The van der Waals surface area contributed by atoms with E-state index in [9.17, 15) is 9.59 Å². The van der Waals surface area contributed by atoms with Crippen LogP contribution >= 0.6 is 0 Å². The molecule has 0 aliphatic heterocycles. The lowest BCUT2D eigenvalue weighted by molar-refractivity contribution is 0.0420. The first-order chi connectivity index (χ1) is 8.04. The van der Waals surface area contributed by atoms with Crippen LogP contribution in [0.2, 0.25) is 0 Å². The second-order valence-electron chi connectivity index (χ2n) is 4.32. The van der Waals surface area contributed by atoms with Gasteiger partial charge in [-0.3, -0.25) is 14.6 Å². The third-order valence-electron chi connectivity index (χ3n) is 2.85. The zero-order chi connectivity index (χ0) is 12.4. The molecule has 17 heavy (non-hydrogen) atoms. The number of carbonyl (C=O) groups excluding carboxylic acids is 1. The van der Waals surface area contributed by atoms with Crippen LogP contribution < -0.4 is 10.9 Å². The molecular weight excluding hydrogens is 224 g/mol. The Bertz CT molecular complexity index is 477. The maximum Gasteiger partial charge on any atom is 0.251 e. The third-order valence-corrected chi connectivity index (χ3v) is 2.85. The van der Waals surface area contributed by atoms with E-state index in [1.807, 2.05) is 0 Å². The highest BCUT2D eigenvalue weighted by atomic mass is 16.3. The van der Waals surface area contributed by atoms with Crippen molar-refractivity contribution in [2.24, 2.45) is 5.92 Å². The summed E-state index contributed by atoms with van der Waals surface area (Å²) in [6.45, 7) is 0.476. The Kier molecular flexibility index (Phi) is 3.14. The maximum absolute atomic E-state index is 11.6. The zero-order valence-corrected chi connectivity index (χ0v) is 9.14. The van der Waals surface area contributed by atoms with Gasteiger partial charge in [0, 0.05) is 18.7 Å². The van der Waals surface area contributed by atoms with Crippen LogP contribution in [0.5, 0.6) is 5.88 Å². The van der Waals surface area contributed by atoms with E-state index in [0.717, 1.165) is 6.07 Å². The van der Waals surface area contributed by atoms with E-state index in [2.05, 4.69) is 10.3 Å². The first-order valence-corrected chi connectivity index (χ1v) is 5.44. The minimum Gasteiger partial charge on any atom is -0.494 e. The van der Waals surface area contributed by atoms with Gasteiger partial charge in [0.1, 0.15) is 0 Å². The van der Waals surface area contributed by atoms with Gasteiger partial charge in [0.15, 0.2) is 5.88 Å². The Morgan fingerprint density at radius 2 is 2.18 bits per heavy atom. The highest BCUT2D eigenvalue weighted by Gasteiger charge is 2.27. The zero-order valence-electron chi connectivity index (χ0n) is 9.14. The predicted octanol–water partition coefficient (Wildman–Crippen LogP) is -0.419. The number of aliphatic hydroxyl groups excluding tert-OH is 1. The molecule has 0 unspecified atom stereocenters. The number of aromatic amines is 1. The van der Waals surface area contributed by atoms with Crippen LogP contribution in [0.3, 0.4) is 0 Å².